The number of hydrogen-bond donors (Lipinski definition) is 1. The molecule has 0 aliphatic heterocycles. The molecular weight excluding hydrogens is 234 g/mol. The van der Waals surface area contributed by atoms with Gasteiger partial charge in [-0.25, -0.2) is 0 Å². The Morgan fingerprint density at radius 3 is 2.71 bits per heavy atom. The summed E-state index contributed by atoms with van der Waals surface area (Å²) in [4.78, 5) is 0. The van der Waals surface area contributed by atoms with Crippen LogP contribution in [0.25, 0.3) is 0 Å². The van der Waals surface area contributed by atoms with E-state index in [0.717, 1.165) is 11.3 Å². The SMILES string of the molecule is C#CC(NCc1c(Cl)cccc1OC)C(C)C. The van der Waals surface area contributed by atoms with Crippen molar-refractivity contribution < 1.29 is 4.74 Å². The summed E-state index contributed by atoms with van der Waals surface area (Å²) in [6.07, 6.45) is 5.47. The van der Waals surface area contributed by atoms with Gasteiger partial charge in [0.25, 0.3) is 0 Å². The molecule has 0 aliphatic carbocycles. The maximum absolute atomic E-state index is 6.14. The molecule has 0 saturated carbocycles. The van der Waals surface area contributed by atoms with Crippen LogP contribution >= 0.6 is 11.6 Å². The standard InChI is InChI=1S/C14H18ClNO/c1-5-13(10(2)3)16-9-11-12(15)7-6-8-14(11)17-4/h1,6-8,10,13,16H,9H2,2-4H3. The smallest absolute Gasteiger partial charge is 0.124 e. The number of methoxy groups -OCH3 is 1. The van der Waals surface area contributed by atoms with E-state index in [-0.39, 0.29) is 6.04 Å². The molecule has 2 nitrogen and oxygen atoms in total. The zero-order chi connectivity index (χ0) is 12.8. The number of ether oxygens (including phenoxy) is 1. The largest absolute Gasteiger partial charge is 0.496 e. The lowest BCUT2D eigenvalue weighted by Gasteiger charge is -2.18. The monoisotopic (exact) mass is 251 g/mol. The second kappa shape index (κ2) is 6.54. The van der Waals surface area contributed by atoms with Crippen molar-refractivity contribution in [3.8, 4) is 18.1 Å². The fraction of sp³-hybridized carbons (Fsp3) is 0.429. The second-order valence-electron chi connectivity index (χ2n) is 4.19. The minimum absolute atomic E-state index is 0.0379. The third-order valence-electron chi connectivity index (χ3n) is 2.64. The van der Waals surface area contributed by atoms with Gasteiger partial charge in [-0.3, -0.25) is 5.32 Å². The van der Waals surface area contributed by atoms with Gasteiger partial charge in [-0.05, 0) is 18.1 Å². The Morgan fingerprint density at radius 2 is 2.18 bits per heavy atom. The number of halogens is 1. The van der Waals surface area contributed by atoms with Crippen LogP contribution in [0, 0.1) is 18.3 Å². The van der Waals surface area contributed by atoms with Gasteiger partial charge in [0, 0.05) is 17.1 Å². The minimum atomic E-state index is 0.0379. The molecule has 0 aliphatic rings. The molecule has 1 N–H and O–H groups in total. The molecule has 0 bridgehead atoms. The van der Waals surface area contributed by atoms with Gasteiger partial charge in [0.05, 0.1) is 13.2 Å². The third-order valence-corrected chi connectivity index (χ3v) is 2.99. The van der Waals surface area contributed by atoms with Gasteiger partial charge in [-0.15, -0.1) is 6.42 Å². The van der Waals surface area contributed by atoms with Crippen molar-refractivity contribution >= 4 is 11.6 Å². The molecule has 1 aromatic rings. The molecular formula is C14H18ClNO. The first kappa shape index (κ1) is 13.9. The zero-order valence-corrected chi connectivity index (χ0v) is 11.2. The van der Waals surface area contributed by atoms with Crippen molar-refractivity contribution in [2.45, 2.75) is 26.4 Å². The topological polar surface area (TPSA) is 21.3 Å². The third kappa shape index (κ3) is 3.66. The maximum atomic E-state index is 6.14. The van der Waals surface area contributed by atoms with E-state index in [9.17, 15) is 0 Å². The lowest BCUT2D eigenvalue weighted by atomic mass is 10.0. The van der Waals surface area contributed by atoms with Crippen LogP contribution in [0.15, 0.2) is 18.2 Å². The van der Waals surface area contributed by atoms with Crippen molar-refractivity contribution in [3.05, 3.63) is 28.8 Å². The molecule has 0 fully saturated rings. The number of rotatable bonds is 5. The summed E-state index contributed by atoms with van der Waals surface area (Å²) >= 11 is 6.14. The van der Waals surface area contributed by atoms with E-state index in [1.54, 1.807) is 7.11 Å². The van der Waals surface area contributed by atoms with Crippen molar-refractivity contribution in [1.82, 2.24) is 5.32 Å². The molecule has 17 heavy (non-hydrogen) atoms. The molecule has 0 spiro atoms. The Morgan fingerprint density at radius 1 is 1.47 bits per heavy atom. The number of terminal acetylenes is 1. The summed E-state index contributed by atoms with van der Waals surface area (Å²) in [6.45, 7) is 4.78. The molecule has 92 valence electrons. The Bertz CT molecular complexity index is 409. The first-order valence-corrected chi connectivity index (χ1v) is 5.98. The van der Waals surface area contributed by atoms with Crippen LogP contribution < -0.4 is 10.1 Å². The van der Waals surface area contributed by atoms with E-state index >= 15 is 0 Å². The molecule has 0 amide bonds. The van der Waals surface area contributed by atoms with E-state index in [2.05, 4.69) is 25.1 Å². The summed E-state index contributed by atoms with van der Waals surface area (Å²) in [7, 11) is 1.64. The number of nitrogens with one attached hydrogen (secondary N) is 1. The molecule has 3 heteroatoms. The van der Waals surface area contributed by atoms with Crippen molar-refractivity contribution in [2.75, 3.05) is 7.11 Å². The van der Waals surface area contributed by atoms with Gasteiger partial charge in [-0.2, -0.15) is 0 Å². The van der Waals surface area contributed by atoms with Crippen LogP contribution in [-0.4, -0.2) is 13.2 Å². The zero-order valence-electron chi connectivity index (χ0n) is 10.5. The summed E-state index contributed by atoms with van der Waals surface area (Å²) < 4.78 is 5.28. The Hall–Kier alpha value is -1.17. The Kier molecular flexibility index (Phi) is 5.34. The molecule has 1 rings (SSSR count). The van der Waals surface area contributed by atoms with Crippen LogP contribution in [-0.2, 0) is 6.54 Å². The van der Waals surface area contributed by atoms with Crippen molar-refractivity contribution in [3.63, 3.8) is 0 Å². The van der Waals surface area contributed by atoms with Crippen LogP contribution in [0.1, 0.15) is 19.4 Å². The average molecular weight is 252 g/mol. The lowest BCUT2D eigenvalue weighted by molar-refractivity contribution is 0.403. The summed E-state index contributed by atoms with van der Waals surface area (Å²) in [5, 5.41) is 3.99. The van der Waals surface area contributed by atoms with E-state index < -0.39 is 0 Å². The summed E-state index contributed by atoms with van der Waals surface area (Å²) in [5.74, 6) is 3.90. The molecule has 1 atom stereocenters. The molecule has 0 aromatic heterocycles. The van der Waals surface area contributed by atoms with Gasteiger partial charge >= 0.3 is 0 Å². The molecule has 1 aromatic carbocycles. The predicted octanol–water partition coefficient (Wildman–Crippen LogP) is 3.10. The van der Waals surface area contributed by atoms with Crippen molar-refractivity contribution in [1.29, 1.82) is 0 Å². The summed E-state index contributed by atoms with van der Waals surface area (Å²) in [5.41, 5.74) is 0.942. The van der Waals surface area contributed by atoms with Crippen LogP contribution in [0.4, 0.5) is 0 Å². The predicted molar refractivity (Wildman–Crippen MR) is 72.3 cm³/mol. The fourth-order valence-electron chi connectivity index (χ4n) is 1.60. The van der Waals surface area contributed by atoms with Crippen LogP contribution in [0.5, 0.6) is 5.75 Å². The van der Waals surface area contributed by atoms with Gasteiger partial charge in [0.2, 0.25) is 0 Å². The Labute approximate surface area is 108 Å². The minimum Gasteiger partial charge on any atom is -0.496 e. The average Bonchev–Trinajstić information content (AvgIpc) is 2.31. The fourth-order valence-corrected chi connectivity index (χ4v) is 1.83. The highest BCUT2D eigenvalue weighted by Crippen LogP contribution is 2.26. The van der Waals surface area contributed by atoms with E-state index in [4.69, 9.17) is 22.8 Å². The van der Waals surface area contributed by atoms with E-state index in [0.29, 0.717) is 17.5 Å². The van der Waals surface area contributed by atoms with Crippen LogP contribution in [0.3, 0.4) is 0 Å². The van der Waals surface area contributed by atoms with Gasteiger partial charge in [0.1, 0.15) is 5.75 Å². The number of benzene rings is 1. The van der Waals surface area contributed by atoms with Gasteiger partial charge < -0.3 is 4.74 Å². The molecule has 0 saturated heterocycles. The molecule has 1 unspecified atom stereocenters. The highest BCUT2D eigenvalue weighted by molar-refractivity contribution is 6.31. The van der Waals surface area contributed by atoms with E-state index in [1.165, 1.54) is 0 Å². The van der Waals surface area contributed by atoms with Gasteiger partial charge in [0.15, 0.2) is 0 Å². The van der Waals surface area contributed by atoms with Gasteiger partial charge in [-0.1, -0.05) is 37.4 Å². The van der Waals surface area contributed by atoms with E-state index in [1.807, 2.05) is 18.2 Å². The highest BCUT2D eigenvalue weighted by Gasteiger charge is 2.12. The first-order chi connectivity index (χ1) is 8.10. The van der Waals surface area contributed by atoms with Crippen LogP contribution in [0.2, 0.25) is 5.02 Å². The normalized spacial score (nSPS) is 12.2. The molecule has 0 radical (unpaired) electrons. The first-order valence-electron chi connectivity index (χ1n) is 5.61. The maximum Gasteiger partial charge on any atom is 0.124 e. The second-order valence-corrected chi connectivity index (χ2v) is 4.60. The number of hydrogen-bond acceptors (Lipinski definition) is 2. The highest BCUT2D eigenvalue weighted by atomic mass is 35.5. The van der Waals surface area contributed by atoms with Crippen molar-refractivity contribution in [2.24, 2.45) is 5.92 Å². The quantitative estimate of drug-likeness (QED) is 0.812. The molecule has 0 heterocycles. The lowest BCUT2D eigenvalue weighted by Crippen LogP contribution is -2.32. The summed E-state index contributed by atoms with van der Waals surface area (Å²) in [6, 6.07) is 5.65. The Balaban J connectivity index is 2.78.